The molecule has 1 aromatic rings. The molecule has 2 aliphatic rings. The number of hydrogen-bond donors (Lipinski definition) is 2. The highest BCUT2D eigenvalue weighted by Gasteiger charge is 2.34. The van der Waals surface area contributed by atoms with E-state index in [0.29, 0.717) is 25.2 Å². The van der Waals surface area contributed by atoms with Gasteiger partial charge in [0.1, 0.15) is 0 Å². The van der Waals surface area contributed by atoms with E-state index in [1.165, 1.54) is 0 Å². The van der Waals surface area contributed by atoms with Crippen LogP contribution in [0.2, 0.25) is 0 Å². The first kappa shape index (κ1) is 18.2. The van der Waals surface area contributed by atoms with Gasteiger partial charge in [0.15, 0.2) is 5.82 Å². The van der Waals surface area contributed by atoms with Crippen LogP contribution >= 0.6 is 0 Å². The smallest absolute Gasteiger partial charge is 0.323 e. The van der Waals surface area contributed by atoms with Crippen LogP contribution in [-0.4, -0.2) is 53.5 Å². The lowest BCUT2D eigenvalue weighted by molar-refractivity contribution is 0.200. The van der Waals surface area contributed by atoms with Crippen molar-refractivity contribution in [1.29, 1.82) is 0 Å². The molecular formula is C16H27N5O3S. The second kappa shape index (κ2) is 7.33. The zero-order valence-corrected chi connectivity index (χ0v) is 15.7. The fourth-order valence-electron chi connectivity index (χ4n) is 3.56. The van der Waals surface area contributed by atoms with E-state index in [0.717, 1.165) is 31.4 Å². The molecule has 0 radical (unpaired) electrons. The highest BCUT2D eigenvalue weighted by molar-refractivity contribution is 7.90. The molecule has 1 aliphatic heterocycles. The Morgan fingerprint density at radius 2 is 1.96 bits per heavy atom. The van der Waals surface area contributed by atoms with Gasteiger partial charge in [-0.25, -0.2) is 17.9 Å². The summed E-state index contributed by atoms with van der Waals surface area (Å²) in [6.45, 7) is 2.69. The molecule has 9 heteroatoms. The highest BCUT2D eigenvalue weighted by Crippen LogP contribution is 2.22. The van der Waals surface area contributed by atoms with E-state index < -0.39 is 15.3 Å². The second-order valence-electron chi connectivity index (χ2n) is 7.08. The number of likely N-dealkylation sites (tertiary alicyclic amines) is 1. The van der Waals surface area contributed by atoms with Crippen LogP contribution in [0.25, 0.3) is 0 Å². The number of hydrogen-bond acceptors (Lipinski definition) is 4. The zero-order valence-electron chi connectivity index (χ0n) is 14.9. The summed E-state index contributed by atoms with van der Waals surface area (Å²) in [6, 6.07) is 1.56. The van der Waals surface area contributed by atoms with Crippen LogP contribution in [0.15, 0.2) is 6.07 Å². The molecule has 2 amide bonds. The third kappa shape index (κ3) is 4.33. The number of rotatable bonds is 4. The molecule has 2 heterocycles. The Balaban J connectivity index is 1.60. The number of nitrogens with one attached hydrogen (secondary N) is 2. The van der Waals surface area contributed by atoms with Crippen LogP contribution in [-0.2, 0) is 17.1 Å². The van der Waals surface area contributed by atoms with E-state index in [1.807, 2.05) is 14.0 Å². The Morgan fingerprint density at radius 3 is 2.60 bits per heavy atom. The monoisotopic (exact) mass is 369 g/mol. The minimum absolute atomic E-state index is 0.0608. The normalized spacial score (nSPS) is 22.3. The molecule has 1 aliphatic carbocycles. The van der Waals surface area contributed by atoms with E-state index in [1.54, 1.807) is 15.6 Å². The van der Waals surface area contributed by atoms with E-state index in [-0.39, 0.29) is 18.6 Å². The first-order valence-electron chi connectivity index (χ1n) is 8.93. The number of carbonyl (C=O) groups is 1. The second-order valence-corrected chi connectivity index (χ2v) is 9.07. The predicted molar refractivity (Wildman–Crippen MR) is 95.9 cm³/mol. The zero-order chi connectivity index (χ0) is 18.0. The van der Waals surface area contributed by atoms with Gasteiger partial charge in [-0.05, 0) is 32.6 Å². The Bertz CT molecular complexity index is 705. The summed E-state index contributed by atoms with van der Waals surface area (Å²) in [5.41, 5.74) is 0.940. The average Bonchev–Trinajstić information content (AvgIpc) is 3.17. The number of amides is 2. The van der Waals surface area contributed by atoms with Gasteiger partial charge in [-0.15, -0.1) is 0 Å². The quantitative estimate of drug-likeness (QED) is 0.842. The summed E-state index contributed by atoms with van der Waals surface area (Å²) in [7, 11) is -1.59. The first-order chi connectivity index (χ1) is 11.8. The fourth-order valence-corrected chi connectivity index (χ4v) is 5.30. The molecule has 2 N–H and O–H groups in total. The van der Waals surface area contributed by atoms with Gasteiger partial charge in [-0.3, -0.25) is 10.00 Å². The summed E-state index contributed by atoms with van der Waals surface area (Å²) in [5.74, 6) is 0.485. The molecule has 25 heavy (non-hydrogen) atoms. The van der Waals surface area contributed by atoms with Gasteiger partial charge >= 0.3 is 6.03 Å². The number of aryl methyl sites for hydroxylation is 2. The number of urea groups is 1. The number of piperidine rings is 1. The molecule has 140 valence electrons. The molecule has 1 aromatic heterocycles. The SMILES string of the molecule is Cc1cc(NC(=O)N2CCC[C@@H](S(=O)(=O)NC3CCCC3)C2)nn1C. The van der Waals surface area contributed by atoms with E-state index in [4.69, 9.17) is 0 Å². The van der Waals surface area contributed by atoms with Gasteiger partial charge in [-0.2, -0.15) is 5.10 Å². The van der Waals surface area contributed by atoms with Gasteiger partial charge in [0, 0.05) is 37.9 Å². The summed E-state index contributed by atoms with van der Waals surface area (Å²) in [5, 5.41) is 6.42. The maximum atomic E-state index is 12.6. The topological polar surface area (TPSA) is 96.3 Å². The molecule has 0 spiro atoms. The van der Waals surface area contributed by atoms with Crippen molar-refractivity contribution >= 4 is 21.9 Å². The van der Waals surface area contributed by atoms with Crippen LogP contribution in [0.4, 0.5) is 10.6 Å². The molecule has 8 nitrogen and oxygen atoms in total. The van der Waals surface area contributed by atoms with Crippen LogP contribution in [0.1, 0.15) is 44.2 Å². The van der Waals surface area contributed by atoms with Crippen molar-refractivity contribution in [3.8, 4) is 0 Å². The third-order valence-corrected chi connectivity index (χ3v) is 7.06. The summed E-state index contributed by atoms with van der Waals surface area (Å²) in [4.78, 5) is 14.0. The largest absolute Gasteiger partial charge is 0.323 e. The standard InChI is InChI=1S/C16H27N5O3S/c1-12-10-15(18-20(12)2)17-16(22)21-9-5-8-14(11-21)25(23,24)19-13-6-3-4-7-13/h10,13-14,19H,3-9,11H2,1-2H3,(H,17,18,22)/t14-/m1/s1. The fraction of sp³-hybridized carbons (Fsp3) is 0.750. The lowest BCUT2D eigenvalue weighted by Crippen LogP contribution is -2.50. The molecule has 0 unspecified atom stereocenters. The van der Waals surface area contributed by atoms with Crippen LogP contribution in [0.3, 0.4) is 0 Å². The van der Waals surface area contributed by atoms with Crippen LogP contribution < -0.4 is 10.0 Å². The van der Waals surface area contributed by atoms with Crippen molar-refractivity contribution in [2.45, 2.75) is 56.7 Å². The van der Waals surface area contributed by atoms with Gasteiger partial charge in [0.2, 0.25) is 10.0 Å². The van der Waals surface area contributed by atoms with E-state index >= 15 is 0 Å². The van der Waals surface area contributed by atoms with Crippen molar-refractivity contribution in [3.63, 3.8) is 0 Å². The highest BCUT2D eigenvalue weighted by atomic mass is 32.2. The molecule has 0 bridgehead atoms. The Labute approximate surface area is 149 Å². The molecule has 1 saturated heterocycles. The molecule has 1 atom stereocenters. The Morgan fingerprint density at radius 1 is 1.24 bits per heavy atom. The molecule has 3 rings (SSSR count). The van der Waals surface area contributed by atoms with Crippen molar-refractivity contribution in [3.05, 3.63) is 11.8 Å². The van der Waals surface area contributed by atoms with E-state index in [2.05, 4.69) is 15.1 Å². The summed E-state index contributed by atoms with van der Waals surface area (Å²) < 4.78 is 29.8. The van der Waals surface area contributed by atoms with Gasteiger partial charge in [0.25, 0.3) is 0 Å². The van der Waals surface area contributed by atoms with E-state index in [9.17, 15) is 13.2 Å². The van der Waals surface area contributed by atoms with Crippen LogP contribution in [0.5, 0.6) is 0 Å². The molecule has 1 saturated carbocycles. The van der Waals surface area contributed by atoms with Crippen molar-refractivity contribution in [2.24, 2.45) is 7.05 Å². The van der Waals surface area contributed by atoms with Crippen molar-refractivity contribution in [2.75, 3.05) is 18.4 Å². The maximum Gasteiger partial charge on any atom is 0.323 e. The van der Waals surface area contributed by atoms with Gasteiger partial charge in [-0.1, -0.05) is 12.8 Å². The number of nitrogens with zero attached hydrogens (tertiary/aromatic N) is 3. The van der Waals surface area contributed by atoms with Gasteiger partial charge in [0.05, 0.1) is 5.25 Å². The molecular weight excluding hydrogens is 342 g/mol. The lowest BCUT2D eigenvalue weighted by atomic mass is 10.1. The summed E-state index contributed by atoms with van der Waals surface area (Å²) in [6.07, 6.45) is 5.26. The average molecular weight is 369 g/mol. The van der Waals surface area contributed by atoms with Crippen LogP contribution in [0, 0.1) is 6.92 Å². The maximum absolute atomic E-state index is 12.6. The third-order valence-electron chi connectivity index (χ3n) is 5.14. The first-order valence-corrected chi connectivity index (χ1v) is 10.5. The number of carbonyl (C=O) groups excluding carboxylic acids is 1. The molecule has 0 aromatic carbocycles. The number of sulfonamides is 1. The van der Waals surface area contributed by atoms with Gasteiger partial charge < -0.3 is 4.90 Å². The van der Waals surface area contributed by atoms with Crippen molar-refractivity contribution in [1.82, 2.24) is 19.4 Å². The van der Waals surface area contributed by atoms with Crippen molar-refractivity contribution < 1.29 is 13.2 Å². The minimum atomic E-state index is -3.40. The number of anilines is 1. The Hall–Kier alpha value is -1.61. The Kier molecular flexibility index (Phi) is 5.33. The summed E-state index contributed by atoms with van der Waals surface area (Å²) >= 11 is 0. The lowest BCUT2D eigenvalue weighted by Gasteiger charge is -2.32. The predicted octanol–water partition coefficient (Wildman–Crippen LogP) is 1.59. The molecule has 2 fully saturated rings. The number of aromatic nitrogens is 2. The minimum Gasteiger partial charge on any atom is -0.323 e.